The predicted octanol–water partition coefficient (Wildman–Crippen LogP) is 5.24. The van der Waals surface area contributed by atoms with Crippen LogP contribution < -0.4 is 29.8 Å². The van der Waals surface area contributed by atoms with Gasteiger partial charge in [0.2, 0.25) is 0 Å². The van der Waals surface area contributed by atoms with Crippen molar-refractivity contribution in [3.8, 4) is 17.2 Å². The minimum Gasteiger partial charge on any atom is -0.497 e. The van der Waals surface area contributed by atoms with E-state index in [4.69, 9.17) is 14.2 Å². The number of benzene rings is 3. The van der Waals surface area contributed by atoms with Gasteiger partial charge in [-0.25, -0.2) is 0 Å². The molecule has 0 atom stereocenters. The zero-order valence-corrected chi connectivity index (χ0v) is 22.2. The number of allylic oxidation sites excluding steroid dienone is 4. The summed E-state index contributed by atoms with van der Waals surface area (Å²) in [6, 6.07) is 26.2. The van der Waals surface area contributed by atoms with E-state index in [1.165, 1.54) is 37.9 Å². The topological polar surface area (TPSA) is 27.7 Å². The molecule has 0 unspecified atom stereocenters. The van der Waals surface area contributed by atoms with Crippen molar-refractivity contribution in [2.75, 3.05) is 21.3 Å². The fraction of sp³-hybridized carbons (Fsp3) is 0.267. The standard InChI is InChI=1S/C30H34O3Si/c1-20-21(2)23(4)30(22(20)3)34(27-14-8-24(31-5)9-15-27,28-16-10-25(32-6)11-17-28)29-18-12-26(33-7)13-19-29/h8-19,30H,1-7H3. The SMILES string of the molecule is COc1ccc([Si](c2ccc(OC)cc2)(c2ccc(OC)cc2)C2C(C)=C(C)C(C)=C2C)cc1. The normalized spacial score (nSPS) is 14.6. The minimum atomic E-state index is -2.59. The third-order valence-corrected chi connectivity index (χ3v) is 13.1. The smallest absolute Gasteiger partial charge is 0.159 e. The summed E-state index contributed by atoms with van der Waals surface area (Å²) in [7, 11) is 2.57. The van der Waals surface area contributed by atoms with Crippen molar-refractivity contribution in [3.63, 3.8) is 0 Å². The maximum absolute atomic E-state index is 5.52. The highest BCUT2D eigenvalue weighted by Crippen LogP contribution is 2.46. The molecule has 0 bridgehead atoms. The summed E-state index contributed by atoms with van der Waals surface area (Å²) in [6.07, 6.45) is 0. The van der Waals surface area contributed by atoms with Gasteiger partial charge in [-0.05, 0) is 90.8 Å². The Morgan fingerprint density at radius 2 is 0.735 bits per heavy atom. The fourth-order valence-corrected chi connectivity index (χ4v) is 11.4. The number of rotatable bonds is 7. The van der Waals surface area contributed by atoms with Crippen molar-refractivity contribution in [3.05, 3.63) is 95.1 Å². The van der Waals surface area contributed by atoms with Crippen molar-refractivity contribution >= 4 is 23.6 Å². The zero-order valence-electron chi connectivity index (χ0n) is 21.2. The first-order valence-corrected chi connectivity index (χ1v) is 13.7. The van der Waals surface area contributed by atoms with Gasteiger partial charge in [-0.2, -0.15) is 0 Å². The lowest BCUT2D eigenvalue weighted by atomic mass is 10.1. The maximum Gasteiger partial charge on any atom is 0.159 e. The Hall–Kier alpha value is -3.24. The van der Waals surface area contributed by atoms with Crippen molar-refractivity contribution < 1.29 is 14.2 Å². The molecule has 0 saturated heterocycles. The quantitative estimate of drug-likeness (QED) is 0.349. The Labute approximate surface area is 204 Å². The lowest BCUT2D eigenvalue weighted by molar-refractivity contribution is 0.415. The Morgan fingerprint density at radius 3 is 0.971 bits per heavy atom. The van der Waals surface area contributed by atoms with Crippen LogP contribution in [-0.2, 0) is 0 Å². The highest BCUT2D eigenvalue weighted by atomic mass is 28.3. The average molecular weight is 471 g/mol. The molecular weight excluding hydrogens is 436 g/mol. The highest BCUT2D eigenvalue weighted by Gasteiger charge is 2.50. The molecule has 34 heavy (non-hydrogen) atoms. The van der Waals surface area contributed by atoms with Gasteiger partial charge in [0.25, 0.3) is 0 Å². The Morgan fingerprint density at radius 1 is 0.471 bits per heavy atom. The van der Waals surface area contributed by atoms with E-state index in [9.17, 15) is 0 Å². The van der Waals surface area contributed by atoms with Gasteiger partial charge in [0.15, 0.2) is 8.07 Å². The van der Waals surface area contributed by atoms with E-state index in [1.807, 2.05) is 0 Å². The number of methoxy groups -OCH3 is 3. The molecule has 0 saturated carbocycles. The molecule has 0 spiro atoms. The second-order valence-corrected chi connectivity index (χ2v) is 13.0. The minimum absolute atomic E-state index is 0.308. The molecule has 1 aliphatic carbocycles. The highest BCUT2D eigenvalue weighted by molar-refractivity contribution is 7.13. The summed E-state index contributed by atoms with van der Waals surface area (Å²) in [5, 5.41) is 4.07. The number of hydrogen-bond acceptors (Lipinski definition) is 3. The van der Waals surface area contributed by atoms with E-state index in [0.717, 1.165) is 17.2 Å². The van der Waals surface area contributed by atoms with E-state index in [2.05, 4.69) is 100 Å². The summed E-state index contributed by atoms with van der Waals surface area (Å²) < 4.78 is 16.6. The molecule has 0 heterocycles. The van der Waals surface area contributed by atoms with Gasteiger partial charge in [-0.15, -0.1) is 0 Å². The van der Waals surface area contributed by atoms with Crippen molar-refractivity contribution in [2.24, 2.45) is 0 Å². The molecule has 0 amide bonds. The second-order valence-electron chi connectivity index (χ2n) is 9.04. The fourth-order valence-electron chi connectivity index (χ4n) is 5.56. The van der Waals surface area contributed by atoms with E-state index >= 15 is 0 Å². The number of hydrogen-bond donors (Lipinski definition) is 0. The zero-order chi connectivity index (χ0) is 24.5. The van der Waals surface area contributed by atoms with Gasteiger partial charge in [-0.1, -0.05) is 47.5 Å². The molecular formula is C30H34O3Si. The van der Waals surface area contributed by atoms with Crippen LogP contribution in [-0.4, -0.2) is 29.4 Å². The Balaban J connectivity index is 2.11. The van der Waals surface area contributed by atoms with E-state index in [0.29, 0.717) is 5.54 Å². The largest absolute Gasteiger partial charge is 0.497 e. The maximum atomic E-state index is 5.52. The second kappa shape index (κ2) is 9.55. The Bertz CT molecular complexity index is 1080. The third-order valence-electron chi connectivity index (χ3n) is 7.68. The van der Waals surface area contributed by atoms with Crippen molar-refractivity contribution in [2.45, 2.75) is 33.2 Å². The molecule has 3 nitrogen and oxygen atoms in total. The molecule has 1 aliphatic rings. The van der Waals surface area contributed by atoms with Crippen LogP contribution in [0.1, 0.15) is 27.7 Å². The van der Waals surface area contributed by atoms with Crippen LogP contribution in [0.25, 0.3) is 0 Å². The predicted molar refractivity (Wildman–Crippen MR) is 144 cm³/mol. The van der Waals surface area contributed by atoms with Crippen LogP contribution in [0.2, 0.25) is 5.54 Å². The lowest BCUT2D eigenvalue weighted by Gasteiger charge is -2.41. The average Bonchev–Trinajstić information content (AvgIpc) is 3.08. The molecule has 0 aromatic heterocycles. The van der Waals surface area contributed by atoms with Crippen LogP contribution >= 0.6 is 0 Å². The van der Waals surface area contributed by atoms with Gasteiger partial charge < -0.3 is 14.2 Å². The third kappa shape index (κ3) is 3.76. The first kappa shape index (κ1) is 23.9. The molecule has 0 N–H and O–H groups in total. The first-order valence-electron chi connectivity index (χ1n) is 11.7. The molecule has 0 fully saturated rings. The van der Waals surface area contributed by atoms with Crippen molar-refractivity contribution in [1.82, 2.24) is 0 Å². The van der Waals surface area contributed by atoms with Crippen LogP contribution in [0.3, 0.4) is 0 Å². The van der Waals surface area contributed by atoms with E-state index < -0.39 is 8.07 Å². The molecule has 3 aromatic carbocycles. The van der Waals surface area contributed by atoms with Gasteiger partial charge in [-0.3, -0.25) is 0 Å². The van der Waals surface area contributed by atoms with Crippen LogP contribution in [0.5, 0.6) is 17.2 Å². The summed E-state index contributed by atoms with van der Waals surface area (Å²) in [5.74, 6) is 2.61. The van der Waals surface area contributed by atoms with Gasteiger partial charge >= 0.3 is 0 Å². The van der Waals surface area contributed by atoms with E-state index in [1.54, 1.807) is 21.3 Å². The number of ether oxygens (including phenoxy) is 3. The summed E-state index contributed by atoms with van der Waals surface area (Å²) in [5.41, 5.74) is 6.06. The molecule has 3 aromatic rings. The van der Waals surface area contributed by atoms with Gasteiger partial charge in [0.1, 0.15) is 17.2 Å². The van der Waals surface area contributed by atoms with Gasteiger partial charge in [0, 0.05) is 5.54 Å². The summed E-state index contributed by atoms with van der Waals surface area (Å²) in [4.78, 5) is 0. The monoisotopic (exact) mass is 470 g/mol. The molecule has 0 radical (unpaired) electrons. The Kier molecular flexibility index (Phi) is 6.71. The summed E-state index contributed by atoms with van der Waals surface area (Å²) >= 11 is 0. The lowest BCUT2D eigenvalue weighted by Crippen LogP contribution is -2.70. The summed E-state index contributed by atoms with van der Waals surface area (Å²) in [6.45, 7) is 9.17. The van der Waals surface area contributed by atoms with Crippen LogP contribution in [0.15, 0.2) is 95.1 Å². The van der Waals surface area contributed by atoms with E-state index in [-0.39, 0.29) is 0 Å². The molecule has 4 rings (SSSR count). The van der Waals surface area contributed by atoms with Gasteiger partial charge in [0.05, 0.1) is 21.3 Å². The molecule has 0 aliphatic heterocycles. The first-order chi connectivity index (χ1) is 16.4. The molecule has 4 heteroatoms. The van der Waals surface area contributed by atoms with Crippen LogP contribution in [0.4, 0.5) is 0 Å². The molecule has 176 valence electrons. The van der Waals surface area contributed by atoms with Crippen molar-refractivity contribution in [1.29, 1.82) is 0 Å². The van der Waals surface area contributed by atoms with Crippen LogP contribution in [0, 0.1) is 0 Å².